The van der Waals surface area contributed by atoms with E-state index in [1.54, 1.807) is 11.3 Å². The van der Waals surface area contributed by atoms with Crippen LogP contribution in [0.5, 0.6) is 0 Å². The largest absolute Gasteiger partial charge is 0.351 e. The van der Waals surface area contributed by atoms with Gasteiger partial charge in [0.05, 0.1) is 5.25 Å². The summed E-state index contributed by atoms with van der Waals surface area (Å²) in [6.45, 7) is 3.87. The van der Waals surface area contributed by atoms with E-state index in [2.05, 4.69) is 26.1 Å². The summed E-state index contributed by atoms with van der Waals surface area (Å²) in [5.74, 6) is 0.553. The molecule has 25 heavy (non-hydrogen) atoms. The van der Waals surface area contributed by atoms with Gasteiger partial charge in [-0.1, -0.05) is 31.7 Å². The summed E-state index contributed by atoms with van der Waals surface area (Å²) in [6, 6.07) is 3.68. The van der Waals surface area contributed by atoms with Gasteiger partial charge in [-0.3, -0.25) is 10.1 Å². The molecule has 0 radical (unpaired) electrons. The average Bonchev–Trinajstić information content (AvgIpc) is 3.09. The van der Waals surface area contributed by atoms with E-state index in [0.717, 1.165) is 30.2 Å². The Hall–Kier alpha value is -1.87. The van der Waals surface area contributed by atoms with Gasteiger partial charge in [0.1, 0.15) is 5.82 Å². The number of aromatic nitrogens is 3. The number of thioether (sulfide) groups is 1. The molecule has 1 saturated carbocycles. The maximum Gasteiger partial charge on any atom is 0.318 e. The molecule has 1 atom stereocenters. The van der Waals surface area contributed by atoms with Crippen LogP contribution in [0.15, 0.2) is 22.7 Å². The van der Waals surface area contributed by atoms with Crippen LogP contribution in [0.2, 0.25) is 0 Å². The van der Waals surface area contributed by atoms with Crippen molar-refractivity contribution in [1.82, 2.24) is 20.1 Å². The highest BCUT2D eigenvalue weighted by Crippen LogP contribution is 2.40. The van der Waals surface area contributed by atoms with Crippen molar-refractivity contribution in [2.24, 2.45) is 11.7 Å². The zero-order valence-electron chi connectivity index (χ0n) is 14.1. The Morgan fingerprint density at radius 1 is 1.44 bits per heavy atom. The Morgan fingerprint density at radius 3 is 2.76 bits per heavy atom. The van der Waals surface area contributed by atoms with Crippen molar-refractivity contribution in [3.8, 4) is 0 Å². The number of thiophene rings is 1. The van der Waals surface area contributed by atoms with Crippen LogP contribution >= 0.6 is 23.1 Å². The number of primary amides is 1. The maximum absolute atomic E-state index is 12.3. The molecule has 0 spiro atoms. The van der Waals surface area contributed by atoms with Crippen LogP contribution in [0.1, 0.15) is 43.4 Å². The van der Waals surface area contributed by atoms with E-state index in [9.17, 15) is 9.59 Å². The molecule has 1 fully saturated rings. The fraction of sp³-hybridized carbons (Fsp3) is 0.500. The molecule has 3 N–H and O–H groups in total. The SMILES string of the molecule is CC(C)[C@@H](Sc1nnc(Cc2cccs2)n1C1CC1)C(=O)NC(N)=O. The minimum Gasteiger partial charge on any atom is -0.351 e. The lowest BCUT2D eigenvalue weighted by Crippen LogP contribution is -2.42. The molecule has 9 heteroatoms. The molecule has 0 aromatic carbocycles. The van der Waals surface area contributed by atoms with Crippen LogP contribution in [0, 0.1) is 5.92 Å². The second-order valence-electron chi connectivity index (χ2n) is 6.39. The number of rotatable bonds is 7. The number of nitrogens with zero attached hydrogens (tertiary/aromatic N) is 3. The summed E-state index contributed by atoms with van der Waals surface area (Å²) in [6.07, 6.45) is 2.94. The second kappa shape index (κ2) is 7.57. The van der Waals surface area contributed by atoms with Crippen molar-refractivity contribution in [3.05, 3.63) is 28.2 Å². The van der Waals surface area contributed by atoms with Gasteiger partial charge in [-0.15, -0.1) is 21.5 Å². The lowest BCUT2D eigenvalue weighted by Gasteiger charge is -2.19. The lowest BCUT2D eigenvalue weighted by atomic mass is 10.1. The van der Waals surface area contributed by atoms with Crippen LogP contribution in [-0.4, -0.2) is 32.0 Å². The number of carbonyl (C=O) groups excluding carboxylic acids is 2. The van der Waals surface area contributed by atoms with E-state index in [1.165, 1.54) is 16.6 Å². The summed E-state index contributed by atoms with van der Waals surface area (Å²) >= 11 is 3.04. The highest BCUT2D eigenvalue weighted by molar-refractivity contribution is 8.00. The molecule has 2 aromatic heterocycles. The molecule has 0 bridgehead atoms. The van der Waals surface area contributed by atoms with Crippen LogP contribution in [0.25, 0.3) is 0 Å². The Labute approximate surface area is 154 Å². The van der Waals surface area contributed by atoms with Crippen molar-refractivity contribution >= 4 is 35.0 Å². The fourth-order valence-electron chi connectivity index (χ4n) is 2.58. The molecule has 7 nitrogen and oxygen atoms in total. The summed E-state index contributed by atoms with van der Waals surface area (Å²) < 4.78 is 2.15. The molecule has 0 unspecified atom stereocenters. The summed E-state index contributed by atoms with van der Waals surface area (Å²) in [7, 11) is 0. The van der Waals surface area contributed by atoms with Crippen molar-refractivity contribution < 1.29 is 9.59 Å². The third kappa shape index (κ3) is 4.40. The van der Waals surface area contributed by atoms with E-state index in [-0.39, 0.29) is 5.92 Å². The van der Waals surface area contributed by atoms with Crippen LogP contribution in [-0.2, 0) is 11.2 Å². The number of carbonyl (C=O) groups is 2. The number of nitrogens with two attached hydrogens (primary N) is 1. The van der Waals surface area contributed by atoms with E-state index in [0.29, 0.717) is 6.04 Å². The Kier molecular flexibility index (Phi) is 5.43. The Morgan fingerprint density at radius 2 is 2.20 bits per heavy atom. The first-order valence-electron chi connectivity index (χ1n) is 8.18. The molecule has 2 heterocycles. The molecule has 3 amide bonds. The number of imide groups is 1. The quantitative estimate of drug-likeness (QED) is 0.720. The van der Waals surface area contributed by atoms with Gasteiger partial charge in [0.15, 0.2) is 5.16 Å². The molecule has 2 aromatic rings. The zero-order chi connectivity index (χ0) is 18.0. The topological polar surface area (TPSA) is 103 Å². The van der Waals surface area contributed by atoms with Gasteiger partial charge in [0.2, 0.25) is 5.91 Å². The average molecular weight is 380 g/mol. The first kappa shape index (κ1) is 17.9. The van der Waals surface area contributed by atoms with Crippen LogP contribution in [0.4, 0.5) is 4.79 Å². The third-order valence-electron chi connectivity index (χ3n) is 3.90. The Bertz CT molecular complexity index is 753. The van der Waals surface area contributed by atoms with Crippen LogP contribution < -0.4 is 11.1 Å². The standard InChI is InChI=1S/C16H21N5O2S2/c1-9(2)13(14(22)18-15(17)23)25-16-20-19-12(21(16)10-5-6-10)8-11-4-3-7-24-11/h3-4,7,9-10,13H,5-6,8H2,1-2H3,(H3,17,18,22,23)/t13-/m1/s1. The monoisotopic (exact) mass is 379 g/mol. The zero-order valence-corrected chi connectivity index (χ0v) is 15.8. The van der Waals surface area contributed by atoms with Gasteiger partial charge in [-0.05, 0) is 30.2 Å². The van der Waals surface area contributed by atoms with Gasteiger partial charge in [-0.25, -0.2) is 4.79 Å². The van der Waals surface area contributed by atoms with Gasteiger partial charge in [0, 0.05) is 17.3 Å². The predicted molar refractivity (Wildman–Crippen MR) is 97.6 cm³/mol. The van der Waals surface area contributed by atoms with Crippen molar-refractivity contribution in [2.75, 3.05) is 0 Å². The molecule has 0 saturated heterocycles. The first-order valence-corrected chi connectivity index (χ1v) is 9.94. The highest BCUT2D eigenvalue weighted by Gasteiger charge is 2.33. The van der Waals surface area contributed by atoms with Crippen molar-refractivity contribution in [3.63, 3.8) is 0 Å². The normalized spacial score (nSPS) is 15.3. The molecule has 134 valence electrons. The smallest absolute Gasteiger partial charge is 0.318 e. The number of amides is 3. The molecule has 0 aliphatic heterocycles. The molecular formula is C16H21N5O2S2. The number of hydrogen-bond acceptors (Lipinski definition) is 6. The minimum absolute atomic E-state index is 0.0226. The fourth-order valence-corrected chi connectivity index (χ4v) is 4.40. The van der Waals surface area contributed by atoms with Gasteiger partial charge in [0.25, 0.3) is 0 Å². The van der Waals surface area contributed by atoms with Crippen LogP contribution in [0.3, 0.4) is 0 Å². The summed E-state index contributed by atoms with van der Waals surface area (Å²) in [4.78, 5) is 24.5. The lowest BCUT2D eigenvalue weighted by molar-refractivity contribution is -0.120. The van der Waals surface area contributed by atoms with Gasteiger partial charge in [-0.2, -0.15) is 0 Å². The minimum atomic E-state index is -0.835. The van der Waals surface area contributed by atoms with E-state index in [1.807, 2.05) is 25.3 Å². The highest BCUT2D eigenvalue weighted by atomic mass is 32.2. The third-order valence-corrected chi connectivity index (χ3v) is 6.28. The van der Waals surface area contributed by atoms with Crippen molar-refractivity contribution in [2.45, 2.75) is 49.6 Å². The molecule has 3 rings (SSSR count). The molecule has 1 aliphatic rings. The Balaban J connectivity index is 1.82. The predicted octanol–water partition coefficient (Wildman–Crippen LogP) is 2.58. The van der Waals surface area contributed by atoms with Crippen molar-refractivity contribution in [1.29, 1.82) is 0 Å². The van der Waals surface area contributed by atoms with Gasteiger partial charge >= 0.3 is 6.03 Å². The molecular weight excluding hydrogens is 358 g/mol. The number of urea groups is 1. The first-order chi connectivity index (χ1) is 12.0. The van der Waals surface area contributed by atoms with E-state index >= 15 is 0 Å². The number of nitrogens with one attached hydrogen (secondary N) is 1. The summed E-state index contributed by atoms with van der Waals surface area (Å²) in [5, 5.41) is 13.2. The second-order valence-corrected chi connectivity index (χ2v) is 8.53. The molecule has 1 aliphatic carbocycles. The van der Waals surface area contributed by atoms with Gasteiger partial charge < -0.3 is 10.3 Å². The maximum atomic E-state index is 12.3. The summed E-state index contributed by atoms with van der Waals surface area (Å²) in [5.41, 5.74) is 5.08. The van der Waals surface area contributed by atoms with E-state index in [4.69, 9.17) is 5.73 Å². The van der Waals surface area contributed by atoms with E-state index < -0.39 is 17.2 Å². The number of hydrogen-bond donors (Lipinski definition) is 2.